The van der Waals surface area contributed by atoms with Crippen LogP contribution in [0.2, 0.25) is 0 Å². The molecule has 0 atom stereocenters. The fourth-order valence-electron chi connectivity index (χ4n) is 1.78. The molecule has 0 saturated carbocycles. The molecule has 98 valence electrons. The third-order valence-corrected chi connectivity index (χ3v) is 2.83. The number of carbonyl (C=O) groups is 1. The normalized spacial score (nSPS) is 10.2. The summed E-state index contributed by atoms with van der Waals surface area (Å²) in [7, 11) is 0. The number of amides is 1. The molecule has 0 saturated heterocycles. The van der Waals surface area contributed by atoms with Crippen molar-refractivity contribution in [3.8, 4) is 0 Å². The van der Waals surface area contributed by atoms with E-state index >= 15 is 0 Å². The van der Waals surface area contributed by atoms with Crippen molar-refractivity contribution in [1.82, 2.24) is 14.9 Å². The van der Waals surface area contributed by atoms with Gasteiger partial charge in [0.05, 0.1) is 5.69 Å². The Morgan fingerprint density at radius 3 is 2.63 bits per heavy atom. The molecule has 0 aliphatic heterocycles. The van der Waals surface area contributed by atoms with Gasteiger partial charge in [-0.1, -0.05) is 0 Å². The quantitative estimate of drug-likeness (QED) is 0.904. The Kier molecular flexibility index (Phi) is 4.07. The van der Waals surface area contributed by atoms with E-state index in [2.05, 4.69) is 9.97 Å². The Balaban J connectivity index is 2.18. The van der Waals surface area contributed by atoms with E-state index in [1.165, 1.54) is 0 Å². The Morgan fingerprint density at radius 2 is 2.00 bits per heavy atom. The summed E-state index contributed by atoms with van der Waals surface area (Å²) in [5.74, 6) is -0.155. The summed E-state index contributed by atoms with van der Waals surface area (Å²) >= 11 is 0. The summed E-state index contributed by atoms with van der Waals surface area (Å²) in [4.78, 5) is 22.1. The van der Waals surface area contributed by atoms with E-state index in [1.807, 2.05) is 19.1 Å². The Morgan fingerprint density at radius 1 is 1.26 bits per heavy atom. The maximum Gasteiger partial charge on any atom is 0.274 e. The lowest BCUT2D eigenvalue weighted by molar-refractivity contribution is 0.0748. The number of anilines is 1. The SMILES string of the molecule is CCN(Cc1ccncc1)C(=O)c1ncccc1N. The average molecular weight is 256 g/mol. The maximum atomic E-state index is 12.4. The van der Waals surface area contributed by atoms with Gasteiger partial charge in [0.2, 0.25) is 0 Å². The van der Waals surface area contributed by atoms with Gasteiger partial charge in [-0.3, -0.25) is 9.78 Å². The van der Waals surface area contributed by atoms with Crippen LogP contribution in [-0.2, 0) is 6.54 Å². The number of aromatic nitrogens is 2. The van der Waals surface area contributed by atoms with Crippen LogP contribution in [0.15, 0.2) is 42.9 Å². The van der Waals surface area contributed by atoms with Gasteiger partial charge < -0.3 is 10.6 Å². The van der Waals surface area contributed by atoms with Gasteiger partial charge in [-0.05, 0) is 36.8 Å². The molecule has 2 aromatic heterocycles. The van der Waals surface area contributed by atoms with Gasteiger partial charge >= 0.3 is 0 Å². The molecule has 0 aromatic carbocycles. The van der Waals surface area contributed by atoms with Crippen molar-refractivity contribution in [2.24, 2.45) is 0 Å². The third kappa shape index (κ3) is 3.07. The van der Waals surface area contributed by atoms with Gasteiger partial charge in [0.1, 0.15) is 0 Å². The topological polar surface area (TPSA) is 72.1 Å². The van der Waals surface area contributed by atoms with Crippen molar-refractivity contribution in [3.63, 3.8) is 0 Å². The zero-order valence-electron chi connectivity index (χ0n) is 10.8. The van der Waals surface area contributed by atoms with Crippen LogP contribution in [0.1, 0.15) is 23.0 Å². The fraction of sp³-hybridized carbons (Fsp3) is 0.214. The molecule has 19 heavy (non-hydrogen) atoms. The Bertz CT molecular complexity index is 556. The maximum absolute atomic E-state index is 12.4. The Labute approximate surface area is 112 Å². The molecule has 0 unspecified atom stereocenters. The average Bonchev–Trinajstić information content (AvgIpc) is 2.46. The van der Waals surface area contributed by atoms with Gasteiger partial charge in [0, 0.05) is 31.7 Å². The van der Waals surface area contributed by atoms with E-state index < -0.39 is 0 Å². The first-order valence-electron chi connectivity index (χ1n) is 6.11. The number of nitrogen functional groups attached to an aromatic ring is 1. The van der Waals surface area contributed by atoms with E-state index in [9.17, 15) is 4.79 Å². The summed E-state index contributed by atoms with van der Waals surface area (Å²) in [5.41, 5.74) is 7.52. The first kappa shape index (κ1) is 13.0. The van der Waals surface area contributed by atoms with Crippen LogP contribution in [0.3, 0.4) is 0 Å². The van der Waals surface area contributed by atoms with Crippen molar-refractivity contribution in [3.05, 3.63) is 54.1 Å². The zero-order valence-corrected chi connectivity index (χ0v) is 10.8. The van der Waals surface area contributed by atoms with Gasteiger partial charge in [-0.15, -0.1) is 0 Å². The minimum atomic E-state index is -0.155. The summed E-state index contributed by atoms with van der Waals surface area (Å²) in [6.07, 6.45) is 5.00. The monoisotopic (exact) mass is 256 g/mol. The number of hydrogen-bond acceptors (Lipinski definition) is 4. The van der Waals surface area contributed by atoms with Crippen LogP contribution in [0.5, 0.6) is 0 Å². The number of carbonyl (C=O) groups excluding carboxylic acids is 1. The predicted molar refractivity (Wildman–Crippen MR) is 73.3 cm³/mol. The zero-order chi connectivity index (χ0) is 13.7. The second-order valence-corrected chi connectivity index (χ2v) is 4.12. The summed E-state index contributed by atoms with van der Waals surface area (Å²) in [6.45, 7) is 3.04. The molecule has 5 nitrogen and oxygen atoms in total. The van der Waals surface area contributed by atoms with E-state index in [4.69, 9.17) is 5.73 Å². The summed E-state index contributed by atoms with van der Waals surface area (Å²) < 4.78 is 0. The second kappa shape index (κ2) is 5.95. The lowest BCUT2D eigenvalue weighted by atomic mass is 10.2. The minimum absolute atomic E-state index is 0.155. The van der Waals surface area contributed by atoms with Crippen LogP contribution >= 0.6 is 0 Å². The number of pyridine rings is 2. The molecule has 5 heteroatoms. The number of rotatable bonds is 4. The van der Waals surface area contributed by atoms with Gasteiger partial charge in [0.25, 0.3) is 5.91 Å². The Hall–Kier alpha value is -2.43. The van der Waals surface area contributed by atoms with Crippen LogP contribution in [-0.4, -0.2) is 27.3 Å². The van der Waals surface area contributed by atoms with Crippen LogP contribution < -0.4 is 5.73 Å². The molecule has 0 fully saturated rings. The van der Waals surface area contributed by atoms with Crippen molar-refractivity contribution in [2.45, 2.75) is 13.5 Å². The molecule has 2 heterocycles. The van der Waals surface area contributed by atoms with Crippen LogP contribution in [0.25, 0.3) is 0 Å². The molecule has 0 aliphatic carbocycles. The number of nitrogens with zero attached hydrogens (tertiary/aromatic N) is 3. The van der Waals surface area contributed by atoms with Crippen molar-refractivity contribution < 1.29 is 4.79 Å². The highest BCUT2D eigenvalue weighted by molar-refractivity contribution is 5.97. The van der Waals surface area contributed by atoms with Gasteiger partial charge in [-0.25, -0.2) is 4.98 Å². The van der Waals surface area contributed by atoms with Crippen molar-refractivity contribution in [2.75, 3.05) is 12.3 Å². The lowest BCUT2D eigenvalue weighted by Crippen LogP contribution is -2.31. The number of nitrogens with two attached hydrogens (primary N) is 1. The largest absolute Gasteiger partial charge is 0.397 e. The first-order chi connectivity index (χ1) is 9.22. The van der Waals surface area contributed by atoms with E-state index in [-0.39, 0.29) is 5.91 Å². The molecular weight excluding hydrogens is 240 g/mol. The van der Waals surface area contributed by atoms with Crippen molar-refractivity contribution >= 4 is 11.6 Å². The van der Waals surface area contributed by atoms with Gasteiger partial charge in [-0.2, -0.15) is 0 Å². The minimum Gasteiger partial charge on any atom is -0.397 e. The first-order valence-corrected chi connectivity index (χ1v) is 6.11. The lowest BCUT2D eigenvalue weighted by Gasteiger charge is -2.21. The fourth-order valence-corrected chi connectivity index (χ4v) is 1.78. The van der Waals surface area contributed by atoms with E-state index in [0.717, 1.165) is 5.56 Å². The molecule has 2 rings (SSSR count). The molecular formula is C14H16N4O. The summed E-state index contributed by atoms with van der Waals surface area (Å²) in [6, 6.07) is 7.17. The molecule has 1 amide bonds. The highest BCUT2D eigenvalue weighted by atomic mass is 16.2. The van der Waals surface area contributed by atoms with Crippen LogP contribution in [0.4, 0.5) is 5.69 Å². The molecule has 0 aliphatic rings. The predicted octanol–water partition coefficient (Wildman–Crippen LogP) is 1.72. The highest BCUT2D eigenvalue weighted by Gasteiger charge is 2.17. The van der Waals surface area contributed by atoms with E-state index in [0.29, 0.717) is 24.5 Å². The molecule has 0 radical (unpaired) electrons. The highest BCUT2D eigenvalue weighted by Crippen LogP contribution is 2.12. The molecule has 0 bridgehead atoms. The van der Waals surface area contributed by atoms with Gasteiger partial charge in [0.15, 0.2) is 5.69 Å². The van der Waals surface area contributed by atoms with Crippen LogP contribution in [0, 0.1) is 0 Å². The second-order valence-electron chi connectivity index (χ2n) is 4.12. The standard InChI is InChI=1S/C14H16N4O/c1-2-18(10-11-5-8-16-9-6-11)14(19)13-12(15)4-3-7-17-13/h3-9H,2,10,15H2,1H3. The molecule has 2 aromatic rings. The smallest absolute Gasteiger partial charge is 0.274 e. The summed E-state index contributed by atoms with van der Waals surface area (Å²) in [5, 5.41) is 0. The van der Waals surface area contributed by atoms with Crippen molar-refractivity contribution in [1.29, 1.82) is 0 Å². The van der Waals surface area contributed by atoms with E-state index in [1.54, 1.807) is 35.6 Å². The molecule has 0 spiro atoms. The molecule has 2 N–H and O–H groups in total. The number of hydrogen-bond donors (Lipinski definition) is 1. The third-order valence-electron chi connectivity index (χ3n) is 2.83.